The zero-order valence-electron chi connectivity index (χ0n) is 17.1. The number of nitrogens with zero attached hydrogens (tertiary/aromatic N) is 1. The lowest BCUT2D eigenvalue weighted by atomic mass is 9.90. The van der Waals surface area contributed by atoms with E-state index in [-0.39, 0.29) is 23.1 Å². The summed E-state index contributed by atoms with van der Waals surface area (Å²) in [5, 5.41) is 3.07. The van der Waals surface area contributed by atoms with Gasteiger partial charge in [-0.2, -0.15) is 0 Å². The van der Waals surface area contributed by atoms with Gasteiger partial charge in [-0.05, 0) is 66.8 Å². The number of nitrogens with one attached hydrogen (secondary N) is 1. The largest absolute Gasteiger partial charge is 0.480 e. The van der Waals surface area contributed by atoms with Gasteiger partial charge in [-0.15, -0.1) is 11.8 Å². The van der Waals surface area contributed by atoms with Crippen molar-refractivity contribution in [3.8, 4) is 5.75 Å². The third-order valence-corrected chi connectivity index (χ3v) is 7.60. The molecule has 2 atom stereocenters. The number of fused-ring (bicyclic) bond motifs is 1. The molecule has 2 heterocycles. The maximum atomic E-state index is 12.9. The number of hydrogen-bond donors (Lipinski definition) is 1. The molecule has 1 N–H and O–H groups in total. The van der Waals surface area contributed by atoms with Crippen molar-refractivity contribution < 1.29 is 14.3 Å². The number of ether oxygens (including phenoxy) is 1. The molecular formula is C24H26N2O3S. The van der Waals surface area contributed by atoms with Gasteiger partial charge < -0.3 is 15.0 Å². The summed E-state index contributed by atoms with van der Waals surface area (Å²) in [4.78, 5) is 28.8. The predicted molar refractivity (Wildman–Crippen MR) is 118 cm³/mol. The first kappa shape index (κ1) is 19.5. The van der Waals surface area contributed by atoms with Crippen LogP contribution >= 0.6 is 11.8 Å². The SMILES string of the molecule is CSc1ccc(NC(=O)[C@@H]2CC23CCN(C(=O)[C@@H]2Cc4ccccc4O2)CC3)cc1. The number of amides is 2. The highest BCUT2D eigenvalue weighted by atomic mass is 32.2. The number of para-hydroxylation sites is 1. The second-order valence-corrected chi connectivity index (χ2v) is 9.46. The first-order valence-electron chi connectivity index (χ1n) is 10.6. The molecule has 6 heteroatoms. The van der Waals surface area contributed by atoms with E-state index in [0.29, 0.717) is 19.5 Å². The van der Waals surface area contributed by atoms with Crippen LogP contribution in [0.25, 0.3) is 0 Å². The first-order valence-corrected chi connectivity index (χ1v) is 11.8. The van der Waals surface area contributed by atoms with Crippen LogP contribution in [-0.2, 0) is 16.0 Å². The summed E-state index contributed by atoms with van der Waals surface area (Å²) in [5.41, 5.74) is 2.03. The van der Waals surface area contributed by atoms with E-state index in [1.807, 2.05) is 59.7 Å². The first-order chi connectivity index (χ1) is 14.6. The number of likely N-dealkylation sites (tertiary alicyclic amines) is 1. The van der Waals surface area contributed by atoms with Crippen LogP contribution in [0.1, 0.15) is 24.8 Å². The van der Waals surface area contributed by atoms with Gasteiger partial charge in [0, 0.05) is 36.0 Å². The Balaban J connectivity index is 1.14. The summed E-state index contributed by atoms with van der Waals surface area (Å²) < 4.78 is 5.87. The molecule has 2 aromatic carbocycles. The maximum Gasteiger partial charge on any atom is 0.263 e. The standard InChI is InChI=1S/C24H26N2O3S/c1-30-18-8-6-17(7-9-18)25-22(27)19-15-24(19)10-12-26(13-11-24)23(28)21-14-16-4-2-3-5-20(16)29-21/h2-9,19,21H,10-15H2,1H3,(H,25,27)/t19-,21-/m0/s1. The topological polar surface area (TPSA) is 58.6 Å². The molecule has 0 bridgehead atoms. The molecule has 2 aliphatic heterocycles. The van der Waals surface area contributed by atoms with Crippen molar-refractivity contribution in [3.05, 3.63) is 54.1 Å². The second kappa shape index (κ2) is 7.65. The van der Waals surface area contributed by atoms with E-state index in [1.165, 1.54) is 4.90 Å². The number of carbonyl (C=O) groups excluding carboxylic acids is 2. The minimum Gasteiger partial charge on any atom is -0.480 e. The zero-order chi connectivity index (χ0) is 20.7. The van der Waals surface area contributed by atoms with Crippen molar-refractivity contribution >= 4 is 29.3 Å². The number of anilines is 1. The van der Waals surface area contributed by atoms with Crippen LogP contribution in [0.3, 0.4) is 0 Å². The lowest BCUT2D eigenvalue weighted by Crippen LogP contribution is -2.46. The fraction of sp³-hybridized carbons (Fsp3) is 0.417. The fourth-order valence-corrected chi connectivity index (χ4v) is 5.28. The number of thioether (sulfide) groups is 1. The molecule has 1 aliphatic carbocycles. The third kappa shape index (κ3) is 3.58. The van der Waals surface area contributed by atoms with E-state index in [4.69, 9.17) is 4.74 Å². The highest BCUT2D eigenvalue weighted by Gasteiger charge is 2.59. The van der Waals surface area contributed by atoms with Gasteiger partial charge in [-0.1, -0.05) is 18.2 Å². The Kier molecular flexibility index (Phi) is 4.97. The van der Waals surface area contributed by atoms with Crippen LogP contribution in [-0.4, -0.2) is 42.2 Å². The smallest absolute Gasteiger partial charge is 0.263 e. The molecule has 1 saturated carbocycles. The molecule has 5 rings (SSSR count). The maximum absolute atomic E-state index is 12.9. The molecular weight excluding hydrogens is 396 g/mol. The Bertz CT molecular complexity index is 942. The molecule has 30 heavy (non-hydrogen) atoms. The lowest BCUT2D eigenvalue weighted by Gasteiger charge is -2.34. The molecule has 0 unspecified atom stereocenters. The number of piperidine rings is 1. The van der Waals surface area contributed by atoms with Gasteiger partial charge in [0.15, 0.2) is 6.10 Å². The molecule has 0 radical (unpaired) electrons. The normalized spacial score (nSPS) is 23.6. The van der Waals surface area contributed by atoms with E-state index in [9.17, 15) is 9.59 Å². The molecule has 3 aliphatic rings. The molecule has 2 fully saturated rings. The summed E-state index contributed by atoms with van der Waals surface area (Å²) in [5.74, 6) is 1.08. The van der Waals surface area contributed by atoms with Crippen molar-refractivity contribution in [2.75, 3.05) is 24.7 Å². The van der Waals surface area contributed by atoms with Crippen molar-refractivity contribution in [1.82, 2.24) is 4.90 Å². The van der Waals surface area contributed by atoms with Crippen LogP contribution in [0.5, 0.6) is 5.75 Å². The van der Waals surface area contributed by atoms with Crippen LogP contribution in [0.15, 0.2) is 53.4 Å². The van der Waals surface area contributed by atoms with Crippen molar-refractivity contribution in [1.29, 1.82) is 0 Å². The Morgan fingerprint density at radius 2 is 1.83 bits per heavy atom. The van der Waals surface area contributed by atoms with Crippen molar-refractivity contribution in [2.45, 2.75) is 36.7 Å². The van der Waals surface area contributed by atoms with Gasteiger partial charge >= 0.3 is 0 Å². The lowest BCUT2D eigenvalue weighted by molar-refractivity contribution is -0.139. The van der Waals surface area contributed by atoms with E-state index in [1.54, 1.807) is 11.8 Å². The minimum atomic E-state index is -0.404. The van der Waals surface area contributed by atoms with Crippen LogP contribution in [0, 0.1) is 11.3 Å². The Morgan fingerprint density at radius 1 is 1.10 bits per heavy atom. The molecule has 1 spiro atoms. The Morgan fingerprint density at radius 3 is 2.53 bits per heavy atom. The molecule has 2 aromatic rings. The Hall–Kier alpha value is -2.47. The van der Waals surface area contributed by atoms with Gasteiger partial charge in [0.05, 0.1) is 0 Å². The van der Waals surface area contributed by atoms with Crippen LogP contribution < -0.4 is 10.1 Å². The second-order valence-electron chi connectivity index (χ2n) is 8.58. The summed E-state index contributed by atoms with van der Waals surface area (Å²) >= 11 is 1.69. The zero-order valence-corrected chi connectivity index (χ0v) is 17.9. The predicted octanol–water partition coefficient (Wildman–Crippen LogP) is 3.98. The van der Waals surface area contributed by atoms with E-state index in [2.05, 4.69) is 5.32 Å². The highest BCUT2D eigenvalue weighted by Crippen LogP contribution is 2.59. The monoisotopic (exact) mass is 422 g/mol. The molecule has 0 aromatic heterocycles. The van der Waals surface area contributed by atoms with Crippen molar-refractivity contribution in [2.24, 2.45) is 11.3 Å². The molecule has 1 saturated heterocycles. The quantitative estimate of drug-likeness (QED) is 0.758. The van der Waals surface area contributed by atoms with E-state index < -0.39 is 6.10 Å². The summed E-state index contributed by atoms with van der Waals surface area (Å²) in [6.45, 7) is 1.42. The minimum absolute atomic E-state index is 0.0574. The molecule has 156 valence electrons. The number of rotatable bonds is 4. The molecule has 5 nitrogen and oxygen atoms in total. The van der Waals surface area contributed by atoms with Crippen LogP contribution in [0.4, 0.5) is 5.69 Å². The number of carbonyl (C=O) groups is 2. The van der Waals surface area contributed by atoms with E-state index >= 15 is 0 Å². The van der Waals surface area contributed by atoms with Gasteiger partial charge in [0.25, 0.3) is 5.91 Å². The average molecular weight is 423 g/mol. The fourth-order valence-electron chi connectivity index (χ4n) is 4.87. The number of hydrogen-bond acceptors (Lipinski definition) is 4. The summed E-state index contributed by atoms with van der Waals surface area (Å²) in [6.07, 6.45) is 4.99. The highest BCUT2D eigenvalue weighted by molar-refractivity contribution is 7.98. The van der Waals surface area contributed by atoms with Gasteiger partial charge in [-0.3, -0.25) is 9.59 Å². The van der Waals surface area contributed by atoms with Crippen molar-refractivity contribution in [3.63, 3.8) is 0 Å². The van der Waals surface area contributed by atoms with Gasteiger partial charge in [-0.25, -0.2) is 0 Å². The average Bonchev–Trinajstić information content (AvgIpc) is 3.30. The van der Waals surface area contributed by atoms with Gasteiger partial charge in [0.1, 0.15) is 5.75 Å². The number of benzene rings is 2. The van der Waals surface area contributed by atoms with Crippen LogP contribution in [0.2, 0.25) is 0 Å². The summed E-state index contributed by atoms with van der Waals surface area (Å²) in [7, 11) is 0. The van der Waals surface area contributed by atoms with Gasteiger partial charge in [0.2, 0.25) is 5.91 Å². The third-order valence-electron chi connectivity index (χ3n) is 6.86. The molecule has 2 amide bonds. The van der Waals surface area contributed by atoms with E-state index in [0.717, 1.165) is 36.3 Å². The summed E-state index contributed by atoms with van der Waals surface area (Å²) in [6, 6.07) is 15.8. The Labute approximate surface area is 181 Å².